The molecule has 0 unspecified atom stereocenters. The molecule has 28 heavy (non-hydrogen) atoms. The van der Waals surface area contributed by atoms with Crippen molar-refractivity contribution in [3.05, 3.63) is 60.0 Å². The third-order valence-electron chi connectivity index (χ3n) is 4.62. The van der Waals surface area contributed by atoms with E-state index in [1.165, 1.54) is 5.56 Å². The van der Waals surface area contributed by atoms with Crippen molar-refractivity contribution in [1.82, 2.24) is 15.0 Å². The molecule has 0 bridgehead atoms. The molecule has 1 saturated heterocycles. The quantitative estimate of drug-likeness (QED) is 0.594. The van der Waals surface area contributed by atoms with Crippen LogP contribution in [0.3, 0.4) is 0 Å². The Hall–Kier alpha value is -2.90. The van der Waals surface area contributed by atoms with E-state index in [4.69, 9.17) is 18.7 Å². The SMILES string of the molecule is COCc1nc(-c2ccc(OC3CN(Cc4cccc(OC)c4)C3)cc2)no1. The van der Waals surface area contributed by atoms with Crippen molar-refractivity contribution in [2.45, 2.75) is 19.3 Å². The second kappa shape index (κ2) is 8.41. The summed E-state index contributed by atoms with van der Waals surface area (Å²) in [6, 6.07) is 15.9. The third kappa shape index (κ3) is 4.32. The van der Waals surface area contributed by atoms with Crippen molar-refractivity contribution in [3.63, 3.8) is 0 Å². The molecule has 4 rings (SSSR count). The van der Waals surface area contributed by atoms with E-state index in [-0.39, 0.29) is 6.10 Å². The number of benzene rings is 2. The summed E-state index contributed by atoms with van der Waals surface area (Å²) in [4.78, 5) is 6.64. The van der Waals surface area contributed by atoms with Crippen molar-refractivity contribution in [2.75, 3.05) is 27.3 Å². The average Bonchev–Trinajstić information content (AvgIpc) is 3.16. The molecule has 2 aromatic carbocycles. The van der Waals surface area contributed by atoms with Gasteiger partial charge in [-0.05, 0) is 42.0 Å². The highest BCUT2D eigenvalue weighted by atomic mass is 16.5. The normalized spacial score (nSPS) is 14.6. The summed E-state index contributed by atoms with van der Waals surface area (Å²) in [6.07, 6.45) is 0.204. The number of methoxy groups -OCH3 is 2. The number of rotatable bonds is 8. The minimum atomic E-state index is 0.204. The summed E-state index contributed by atoms with van der Waals surface area (Å²) in [5.41, 5.74) is 2.13. The predicted octanol–water partition coefficient (Wildman–Crippen LogP) is 3.15. The summed E-state index contributed by atoms with van der Waals surface area (Å²) >= 11 is 0. The first-order chi connectivity index (χ1) is 13.7. The number of nitrogens with zero attached hydrogens (tertiary/aromatic N) is 3. The molecule has 7 nitrogen and oxygen atoms in total. The van der Waals surface area contributed by atoms with Crippen LogP contribution in [0.4, 0.5) is 0 Å². The predicted molar refractivity (Wildman–Crippen MR) is 103 cm³/mol. The van der Waals surface area contributed by atoms with Crippen molar-refractivity contribution < 1.29 is 18.7 Å². The zero-order valence-corrected chi connectivity index (χ0v) is 16.0. The minimum absolute atomic E-state index is 0.204. The van der Waals surface area contributed by atoms with E-state index < -0.39 is 0 Å². The van der Waals surface area contributed by atoms with E-state index in [0.29, 0.717) is 18.3 Å². The molecule has 0 N–H and O–H groups in total. The molecule has 0 amide bonds. The van der Waals surface area contributed by atoms with Gasteiger partial charge in [-0.2, -0.15) is 4.98 Å². The summed E-state index contributed by atoms with van der Waals surface area (Å²) in [6.45, 7) is 3.02. The first-order valence-electron chi connectivity index (χ1n) is 9.17. The van der Waals surface area contributed by atoms with Gasteiger partial charge in [-0.1, -0.05) is 17.3 Å². The topological polar surface area (TPSA) is 69.9 Å². The van der Waals surface area contributed by atoms with Gasteiger partial charge in [0.15, 0.2) is 0 Å². The second-order valence-electron chi connectivity index (χ2n) is 6.75. The Morgan fingerprint density at radius 3 is 2.64 bits per heavy atom. The maximum atomic E-state index is 6.05. The largest absolute Gasteiger partial charge is 0.497 e. The molecule has 146 valence electrons. The molecule has 0 saturated carbocycles. The third-order valence-corrected chi connectivity index (χ3v) is 4.62. The molecular weight excluding hydrogens is 358 g/mol. The van der Waals surface area contributed by atoms with Crippen molar-refractivity contribution in [3.8, 4) is 22.9 Å². The molecular formula is C21H23N3O4. The number of hydrogen-bond donors (Lipinski definition) is 0. The Bertz CT molecular complexity index is 904. The fourth-order valence-electron chi connectivity index (χ4n) is 3.18. The molecule has 1 fully saturated rings. The lowest BCUT2D eigenvalue weighted by Crippen LogP contribution is -2.53. The molecule has 0 radical (unpaired) electrons. The van der Waals surface area contributed by atoms with Crippen molar-refractivity contribution >= 4 is 0 Å². The summed E-state index contributed by atoms with van der Waals surface area (Å²) in [7, 11) is 3.28. The molecule has 1 aliphatic heterocycles. The smallest absolute Gasteiger partial charge is 0.252 e. The Morgan fingerprint density at radius 1 is 1.07 bits per heavy atom. The van der Waals surface area contributed by atoms with Crippen LogP contribution in [-0.2, 0) is 17.9 Å². The maximum Gasteiger partial charge on any atom is 0.252 e. The number of likely N-dealkylation sites (tertiary alicyclic amines) is 1. The van der Waals surface area contributed by atoms with Gasteiger partial charge in [-0.3, -0.25) is 4.90 Å². The van der Waals surface area contributed by atoms with Crippen LogP contribution in [0.15, 0.2) is 53.1 Å². The van der Waals surface area contributed by atoms with Gasteiger partial charge in [-0.15, -0.1) is 0 Å². The lowest BCUT2D eigenvalue weighted by Gasteiger charge is -2.39. The fourth-order valence-corrected chi connectivity index (χ4v) is 3.18. The summed E-state index contributed by atoms with van der Waals surface area (Å²) in [5, 5.41) is 3.96. The van der Waals surface area contributed by atoms with Gasteiger partial charge in [0.1, 0.15) is 24.2 Å². The van der Waals surface area contributed by atoms with E-state index in [9.17, 15) is 0 Å². The van der Waals surface area contributed by atoms with Gasteiger partial charge in [0, 0.05) is 32.3 Å². The van der Waals surface area contributed by atoms with Gasteiger partial charge >= 0.3 is 0 Å². The lowest BCUT2D eigenvalue weighted by atomic mass is 10.1. The van der Waals surface area contributed by atoms with Crippen LogP contribution < -0.4 is 9.47 Å². The minimum Gasteiger partial charge on any atom is -0.497 e. The monoisotopic (exact) mass is 381 g/mol. The van der Waals surface area contributed by atoms with Crippen LogP contribution in [0.1, 0.15) is 11.5 Å². The molecule has 1 aromatic heterocycles. The summed E-state index contributed by atoms with van der Waals surface area (Å²) in [5.74, 6) is 2.74. The van der Waals surface area contributed by atoms with E-state index in [1.807, 2.05) is 36.4 Å². The Morgan fingerprint density at radius 2 is 1.89 bits per heavy atom. The number of ether oxygens (including phenoxy) is 3. The molecule has 1 aliphatic rings. The highest BCUT2D eigenvalue weighted by Gasteiger charge is 2.28. The van der Waals surface area contributed by atoms with E-state index in [1.54, 1.807) is 14.2 Å². The van der Waals surface area contributed by atoms with Crippen LogP contribution >= 0.6 is 0 Å². The molecule has 7 heteroatoms. The van der Waals surface area contributed by atoms with Crippen LogP contribution in [0, 0.1) is 0 Å². The Balaban J connectivity index is 1.27. The van der Waals surface area contributed by atoms with Crippen molar-refractivity contribution in [2.24, 2.45) is 0 Å². The van der Waals surface area contributed by atoms with Crippen LogP contribution in [0.25, 0.3) is 11.4 Å². The van der Waals surface area contributed by atoms with E-state index in [0.717, 1.165) is 36.7 Å². The van der Waals surface area contributed by atoms with E-state index >= 15 is 0 Å². The van der Waals surface area contributed by atoms with Gasteiger partial charge < -0.3 is 18.7 Å². The molecule has 2 heterocycles. The summed E-state index contributed by atoms with van der Waals surface area (Å²) < 4.78 is 21.4. The fraction of sp³-hybridized carbons (Fsp3) is 0.333. The highest BCUT2D eigenvalue weighted by molar-refractivity contribution is 5.55. The van der Waals surface area contributed by atoms with Gasteiger partial charge in [0.25, 0.3) is 5.89 Å². The van der Waals surface area contributed by atoms with Crippen LogP contribution in [-0.4, -0.2) is 48.5 Å². The highest BCUT2D eigenvalue weighted by Crippen LogP contribution is 2.24. The lowest BCUT2D eigenvalue weighted by molar-refractivity contribution is 0.0145. The van der Waals surface area contributed by atoms with Crippen LogP contribution in [0.5, 0.6) is 11.5 Å². The zero-order valence-electron chi connectivity index (χ0n) is 16.0. The second-order valence-corrected chi connectivity index (χ2v) is 6.75. The molecule has 0 aliphatic carbocycles. The van der Waals surface area contributed by atoms with Crippen LogP contribution in [0.2, 0.25) is 0 Å². The van der Waals surface area contributed by atoms with E-state index in [2.05, 4.69) is 27.2 Å². The average molecular weight is 381 g/mol. The first-order valence-corrected chi connectivity index (χ1v) is 9.17. The van der Waals surface area contributed by atoms with Gasteiger partial charge in [0.2, 0.25) is 5.82 Å². The van der Waals surface area contributed by atoms with Crippen molar-refractivity contribution in [1.29, 1.82) is 0 Å². The Labute approximate surface area is 163 Å². The Kier molecular flexibility index (Phi) is 5.55. The zero-order chi connectivity index (χ0) is 19.3. The standard InChI is InChI=1S/C21H23N3O4/c1-25-14-20-22-21(23-28-20)16-6-8-17(9-7-16)27-19-12-24(13-19)11-15-4-3-5-18(10-15)26-2/h3-10,19H,11-14H2,1-2H3. The maximum absolute atomic E-state index is 6.05. The van der Waals surface area contributed by atoms with Gasteiger partial charge in [0.05, 0.1) is 7.11 Å². The molecule has 0 atom stereocenters. The molecule has 0 spiro atoms. The molecule has 3 aromatic rings. The van der Waals surface area contributed by atoms with Gasteiger partial charge in [-0.25, -0.2) is 0 Å². The number of aromatic nitrogens is 2. The number of hydrogen-bond acceptors (Lipinski definition) is 7. The first kappa shape index (κ1) is 18.5.